The number of nitrogens with zero attached hydrogens (tertiary/aromatic N) is 1. The van der Waals surface area contributed by atoms with Crippen molar-refractivity contribution in [2.45, 2.75) is 30.8 Å². The molecule has 158 valence electrons. The third-order valence-electron chi connectivity index (χ3n) is 4.60. The highest BCUT2D eigenvalue weighted by molar-refractivity contribution is 7.92. The molecule has 29 heavy (non-hydrogen) atoms. The Balaban J connectivity index is 2.03. The van der Waals surface area contributed by atoms with Crippen molar-refractivity contribution in [2.24, 2.45) is 0 Å². The maximum atomic E-state index is 13.4. The van der Waals surface area contributed by atoms with E-state index in [4.69, 9.17) is 9.15 Å². The minimum atomic E-state index is -4.09. The first kappa shape index (κ1) is 21.3. The van der Waals surface area contributed by atoms with Crippen LogP contribution in [-0.2, 0) is 31.2 Å². The Kier molecular flexibility index (Phi) is 6.01. The summed E-state index contributed by atoms with van der Waals surface area (Å²) in [6, 6.07) is 6.65. The molecular weight excluding hydrogens is 420 g/mol. The van der Waals surface area contributed by atoms with Gasteiger partial charge in [-0.2, -0.15) is 4.31 Å². The zero-order valence-corrected chi connectivity index (χ0v) is 17.6. The van der Waals surface area contributed by atoms with Crippen molar-refractivity contribution in [1.82, 2.24) is 4.31 Å². The van der Waals surface area contributed by atoms with Crippen LogP contribution in [0.25, 0.3) is 0 Å². The zero-order valence-electron chi connectivity index (χ0n) is 16.0. The molecular formula is C18H22N2O7S2. The number of sulfone groups is 1. The second-order valence-electron chi connectivity index (χ2n) is 6.73. The average Bonchev–Trinajstić information content (AvgIpc) is 3.28. The summed E-state index contributed by atoms with van der Waals surface area (Å²) < 4.78 is 62.4. The van der Waals surface area contributed by atoms with Crippen LogP contribution in [0.1, 0.15) is 19.1 Å². The molecule has 1 atom stereocenters. The maximum absolute atomic E-state index is 13.4. The number of anilines is 1. The van der Waals surface area contributed by atoms with E-state index in [1.54, 1.807) is 12.1 Å². The topological polar surface area (TPSA) is 123 Å². The zero-order chi connectivity index (χ0) is 21.2. The number of furan rings is 1. The first-order valence-corrected chi connectivity index (χ1v) is 12.1. The van der Waals surface area contributed by atoms with Gasteiger partial charge in [-0.05, 0) is 36.8 Å². The summed E-state index contributed by atoms with van der Waals surface area (Å²) in [5.41, 5.74) is 0.207. The summed E-state index contributed by atoms with van der Waals surface area (Å²) in [4.78, 5) is 11.4. The molecule has 1 aliphatic heterocycles. The number of rotatable bonds is 7. The Bertz CT molecular complexity index is 1090. The van der Waals surface area contributed by atoms with Gasteiger partial charge in [0.1, 0.15) is 11.5 Å². The smallest absolute Gasteiger partial charge is 0.243 e. The number of nitrogens with one attached hydrogen (secondary N) is 1. The standard InChI is InChI=1S/C18H22N2O7S2/c1-13(21)19-17-10-16(5-6-18(17)26-2)29(24,25)20(11-15-4-3-8-27-15)14-7-9-28(22,23)12-14/h3-6,8,10,14H,7,9,11-12H2,1-2H3,(H,19,21)/t14-/m1/s1. The van der Waals surface area contributed by atoms with E-state index < -0.39 is 25.9 Å². The number of ether oxygens (including phenoxy) is 1. The Morgan fingerprint density at radius 2 is 2.10 bits per heavy atom. The number of benzene rings is 1. The van der Waals surface area contributed by atoms with Crippen LogP contribution in [0.4, 0.5) is 5.69 Å². The van der Waals surface area contributed by atoms with E-state index in [-0.39, 0.29) is 41.0 Å². The number of carbonyl (C=O) groups is 1. The lowest BCUT2D eigenvalue weighted by Crippen LogP contribution is -2.40. The summed E-state index contributed by atoms with van der Waals surface area (Å²) >= 11 is 0. The van der Waals surface area contributed by atoms with Crippen LogP contribution in [0, 0.1) is 0 Å². The van der Waals surface area contributed by atoms with Gasteiger partial charge in [0.05, 0.1) is 42.0 Å². The van der Waals surface area contributed by atoms with Gasteiger partial charge in [-0.1, -0.05) is 0 Å². The molecule has 9 nitrogen and oxygen atoms in total. The number of methoxy groups -OCH3 is 1. The minimum Gasteiger partial charge on any atom is -0.495 e. The van der Waals surface area contributed by atoms with Crippen molar-refractivity contribution in [3.8, 4) is 5.75 Å². The fourth-order valence-corrected chi connectivity index (χ4v) is 6.71. The third-order valence-corrected chi connectivity index (χ3v) is 8.24. The van der Waals surface area contributed by atoms with E-state index in [2.05, 4.69) is 5.32 Å². The summed E-state index contributed by atoms with van der Waals surface area (Å²) in [5, 5.41) is 2.54. The molecule has 1 saturated heterocycles. The van der Waals surface area contributed by atoms with Crippen molar-refractivity contribution in [2.75, 3.05) is 23.9 Å². The molecule has 2 aromatic rings. The van der Waals surface area contributed by atoms with Crippen molar-refractivity contribution in [3.05, 3.63) is 42.4 Å². The van der Waals surface area contributed by atoms with Crippen LogP contribution in [-0.4, -0.2) is 51.7 Å². The first-order valence-electron chi connectivity index (χ1n) is 8.82. The first-order chi connectivity index (χ1) is 13.6. The van der Waals surface area contributed by atoms with Gasteiger partial charge in [0.25, 0.3) is 0 Å². The Morgan fingerprint density at radius 1 is 1.34 bits per heavy atom. The summed E-state index contributed by atoms with van der Waals surface area (Å²) in [7, 11) is -6.00. The maximum Gasteiger partial charge on any atom is 0.243 e. The molecule has 1 aromatic heterocycles. The molecule has 0 radical (unpaired) electrons. The highest BCUT2D eigenvalue weighted by Crippen LogP contribution is 2.32. The van der Waals surface area contributed by atoms with Gasteiger partial charge >= 0.3 is 0 Å². The number of hydrogen-bond donors (Lipinski definition) is 1. The third kappa shape index (κ3) is 4.80. The SMILES string of the molecule is COc1ccc(S(=O)(=O)N(Cc2ccco2)[C@@H]2CCS(=O)(=O)C2)cc1NC(C)=O. The van der Waals surface area contributed by atoms with Crippen LogP contribution < -0.4 is 10.1 Å². The second kappa shape index (κ2) is 8.17. The fourth-order valence-electron chi connectivity index (χ4n) is 3.24. The normalized spacial score (nSPS) is 18.7. The molecule has 1 N–H and O–H groups in total. The molecule has 1 amide bonds. The minimum absolute atomic E-state index is 0.0679. The van der Waals surface area contributed by atoms with Gasteiger partial charge in [-0.25, -0.2) is 16.8 Å². The molecule has 0 aliphatic carbocycles. The number of amides is 1. The van der Waals surface area contributed by atoms with Crippen molar-refractivity contribution in [1.29, 1.82) is 0 Å². The molecule has 11 heteroatoms. The Labute approximate surface area is 169 Å². The fraction of sp³-hybridized carbons (Fsp3) is 0.389. The molecule has 2 heterocycles. The molecule has 1 aromatic carbocycles. The lowest BCUT2D eigenvalue weighted by atomic mass is 10.2. The van der Waals surface area contributed by atoms with Gasteiger partial charge in [0.15, 0.2) is 9.84 Å². The Hall–Kier alpha value is -2.37. The van der Waals surface area contributed by atoms with Gasteiger partial charge in [-0.15, -0.1) is 0 Å². The molecule has 1 aliphatic rings. The molecule has 0 spiro atoms. The van der Waals surface area contributed by atoms with Gasteiger partial charge in [-0.3, -0.25) is 4.79 Å². The average molecular weight is 443 g/mol. The monoisotopic (exact) mass is 442 g/mol. The van der Waals surface area contributed by atoms with Crippen molar-refractivity contribution >= 4 is 31.5 Å². The summed E-state index contributed by atoms with van der Waals surface area (Å²) in [6.45, 7) is 1.20. The molecule has 0 saturated carbocycles. The number of hydrogen-bond acceptors (Lipinski definition) is 7. The highest BCUT2D eigenvalue weighted by atomic mass is 32.2. The molecule has 0 unspecified atom stereocenters. The largest absolute Gasteiger partial charge is 0.495 e. The van der Waals surface area contributed by atoms with E-state index in [0.29, 0.717) is 11.5 Å². The molecule has 0 bridgehead atoms. The van der Waals surface area contributed by atoms with Crippen molar-refractivity contribution < 1.29 is 30.8 Å². The highest BCUT2D eigenvalue weighted by Gasteiger charge is 2.39. The van der Waals surface area contributed by atoms with Crippen molar-refractivity contribution in [3.63, 3.8) is 0 Å². The number of sulfonamides is 1. The van der Waals surface area contributed by atoms with E-state index in [1.165, 1.54) is 38.5 Å². The van der Waals surface area contributed by atoms with E-state index in [9.17, 15) is 21.6 Å². The lowest BCUT2D eigenvalue weighted by Gasteiger charge is -2.27. The second-order valence-corrected chi connectivity index (χ2v) is 10.8. The van der Waals surface area contributed by atoms with Crippen LogP contribution in [0.5, 0.6) is 5.75 Å². The van der Waals surface area contributed by atoms with E-state index in [1.807, 2.05) is 0 Å². The predicted molar refractivity (Wildman–Crippen MR) is 106 cm³/mol. The number of carbonyl (C=O) groups excluding carboxylic acids is 1. The predicted octanol–water partition coefficient (Wildman–Crippen LogP) is 1.62. The van der Waals surface area contributed by atoms with Crippen LogP contribution in [0.15, 0.2) is 45.9 Å². The summed E-state index contributed by atoms with van der Waals surface area (Å²) in [5.74, 6) is 0.00398. The van der Waals surface area contributed by atoms with Gasteiger partial charge < -0.3 is 14.5 Å². The lowest BCUT2D eigenvalue weighted by molar-refractivity contribution is -0.114. The molecule has 1 fully saturated rings. The van der Waals surface area contributed by atoms with Crippen LogP contribution in [0.2, 0.25) is 0 Å². The van der Waals surface area contributed by atoms with Crippen LogP contribution in [0.3, 0.4) is 0 Å². The quantitative estimate of drug-likeness (QED) is 0.691. The van der Waals surface area contributed by atoms with Gasteiger partial charge in [0, 0.05) is 13.0 Å². The summed E-state index contributed by atoms with van der Waals surface area (Å²) in [6.07, 6.45) is 1.63. The molecule has 3 rings (SSSR count). The van der Waals surface area contributed by atoms with E-state index in [0.717, 1.165) is 4.31 Å². The van der Waals surface area contributed by atoms with Crippen LogP contribution >= 0.6 is 0 Å². The van der Waals surface area contributed by atoms with Gasteiger partial charge in [0.2, 0.25) is 15.9 Å². The van der Waals surface area contributed by atoms with E-state index >= 15 is 0 Å². The Morgan fingerprint density at radius 3 is 2.66 bits per heavy atom.